The molecule has 0 saturated carbocycles. The van der Waals surface area contributed by atoms with Gasteiger partial charge in [-0.3, -0.25) is 9.69 Å². The average molecular weight is 406 g/mol. The van der Waals surface area contributed by atoms with E-state index in [-0.39, 0.29) is 11.8 Å². The molecule has 3 rings (SSSR count). The van der Waals surface area contributed by atoms with Crippen molar-refractivity contribution < 1.29 is 22.9 Å². The number of H-pyrrole nitrogens is 1. The van der Waals surface area contributed by atoms with E-state index in [1.54, 1.807) is 0 Å². The Morgan fingerprint density at radius 1 is 1.17 bits per heavy atom. The number of pyridine rings is 1. The molecule has 0 unspecified atom stereocenters. The van der Waals surface area contributed by atoms with E-state index >= 15 is 0 Å². The van der Waals surface area contributed by atoms with Crippen LogP contribution in [0.4, 0.5) is 24.7 Å². The van der Waals surface area contributed by atoms with Gasteiger partial charge in [-0.2, -0.15) is 13.2 Å². The van der Waals surface area contributed by atoms with Crippen LogP contribution in [0.2, 0.25) is 0 Å². The Kier molecular flexibility index (Phi) is 6.45. The quantitative estimate of drug-likeness (QED) is 0.769. The number of alkyl halides is 3. The molecule has 1 saturated heterocycles. The summed E-state index contributed by atoms with van der Waals surface area (Å²) in [4.78, 5) is 17.3. The third kappa shape index (κ3) is 5.28. The fraction of sp³-hybridized carbons (Fsp3) is 0.455. The van der Waals surface area contributed by atoms with Crippen LogP contribution in [0.15, 0.2) is 42.6 Å². The molecule has 0 radical (unpaired) electrons. The Morgan fingerprint density at radius 2 is 1.83 bits per heavy atom. The van der Waals surface area contributed by atoms with Crippen molar-refractivity contribution >= 4 is 17.4 Å². The standard InChI is InChI=1S/C22H26F3N3O/c1-3-15(2)16-4-7-19(8-5-16)27-21(29)17-10-12-28(13-11-17)20-9-6-18(14-26-20)22(23,24)25/h4-9,14-15,17H,3,10-13H2,1-2H3,(H,27,29)/p+1/t15-/m1/s1. The van der Waals surface area contributed by atoms with Crippen LogP contribution < -0.4 is 15.2 Å². The molecule has 7 heteroatoms. The lowest BCUT2D eigenvalue weighted by Gasteiger charge is -2.27. The molecule has 1 atom stereocenters. The number of benzene rings is 1. The van der Waals surface area contributed by atoms with Gasteiger partial charge in [-0.05, 0) is 48.9 Å². The number of aromatic nitrogens is 1. The fourth-order valence-corrected chi connectivity index (χ4v) is 3.55. The molecule has 1 aliphatic heterocycles. The van der Waals surface area contributed by atoms with E-state index in [0.717, 1.165) is 24.4 Å². The highest BCUT2D eigenvalue weighted by Crippen LogP contribution is 2.29. The number of rotatable bonds is 5. The number of nitrogens with one attached hydrogen (secondary N) is 2. The van der Waals surface area contributed by atoms with Gasteiger partial charge in [0.1, 0.15) is 6.20 Å². The topological polar surface area (TPSA) is 46.5 Å². The number of carbonyl (C=O) groups is 1. The van der Waals surface area contributed by atoms with E-state index in [1.807, 2.05) is 29.2 Å². The summed E-state index contributed by atoms with van der Waals surface area (Å²) in [5, 5.41) is 2.98. The number of piperidine rings is 1. The first-order chi connectivity index (χ1) is 13.8. The van der Waals surface area contributed by atoms with Crippen LogP contribution in [-0.2, 0) is 11.0 Å². The van der Waals surface area contributed by atoms with Gasteiger partial charge >= 0.3 is 6.18 Å². The number of hydrogen-bond acceptors (Lipinski definition) is 2. The van der Waals surface area contributed by atoms with Crippen molar-refractivity contribution in [3.05, 3.63) is 53.7 Å². The molecule has 2 heterocycles. The molecule has 2 aromatic rings. The number of carbonyl (C=O) groups excluding carboxylic acids is 1. The van der Waals surface area contributed by atoms with Crippen LogP contribution in [0.25, 0.3) is 0 Å². The van der Waals surface area contributed by atoms with Crippen LogP contribution in [0, 0.1) is 5.92 Å². The SMILES string of the molecule is CC[C@@H](C)c1ccc(NC(=O)C2CCN(c3ccc(C(F)(F)F)c[nH+]3)CC2)cc1. The Labute approximate surface area is 169 Å². The summed E-state index contributed by atoms with van der Waals surface area (Å²) >= 11 is 0. The molecule has 0 aliphatic carbocycles. The van der Waals surface area contributed by atoms with E-state index in [9.17, 15) is 18.0 Å². The van der Waals surface area contributed by atoms with Crippen molar-refractivity contribution in [3.63, 3.8) is 0 Å². The summed E-state index contributed by atoms with van der Waals surface area (Å²) in [6.45, 7) is 5.56. The molecule has 1 aromatic carbocycles. The summed E-state index contributed by atoms with van der Waals surface area (Å²) in [5.41, 5.74) is 1.35. The zero-order valence-corrected chi connectivity index (χ0v) is 16.7. The molecule has 1 amide bonds. The predicted molar refractivity (Wildman–Crippen MR) is 107 cm³/mol. The van der Waals surface area contributed by atoms with Crippen LogP contribution in [0.3, 0.4) is 0 Å². The monoisotopic (exact) mass is 406 g/mol. The third-order valence-electron chi connectivity index (χ3n) is 5.69. The second-order valence-electron chi connectivity index (χ2n) is 7.64. The van der Waals surface area contributed by atoms with Crippen molar-refractivity contribution in [2.45, 2.75) is 45.2 Å². The van der Waals surface area contributed by atoms with E-state index in [2.05, 4.69) is 24.1 Å². The highest BCUT2D eigenvalue weighted by molar-refractivity contribution is 5.92. The molecule has 29 heavy (non-hydrogen) atoms. The van der Waals surface area contributed by atoms with Crippen molar-refractivity contribution in [2.24, 2.45) is 5.92 Å². The van der Waals surface area contributed by atoms with Crippen molar-refractivity contribution in [3.8, 4) is 0 Å². The molecular formula is C22H27F3N3O+. The normalized spacial score (nSPS) is 16.5. The zero-order chi connectivity index (χ0) is 21.0. The number of amides is 1. The number of hydrogen-bond donors (Lipinski definition) is 1. The summed E-state index contributed by atoms with van der Waals surface area (Å²) < 4.78 is 38.0. The molecule has 2 N–H and O–H groups in total. The smallest absolute Gasteiger partial charge is 0.326 e. The maximum Gasteiger partial charge on any atom is 0.419 e. The van der Waals surface area contributed by atoms with E-state index in [4.69, 9.17) is 0 Å². The third-order valence-corrected chi connectivity index (χ3v) is 5.69. The summed E-state index contributed by atoms with van der Waals surface area (Å²) in [5.74, 6) is 1.02. The van der Waals surface area contributed by atoms with Crippen LogP contribution in [-0.4, -0.2) is 19.0 Å². The Bertz CT molecular complexity index is 811. The largest absolute Gasteiger partial charge is 0.419 e. The van der Waals surface area contributed by atoms with E-state index in [1.165, 1.54) is 11.6 Å². The number of nitrogens with zero attached hydrogens (tertiary/aromatic N) is 1. The highest BCUT2D eigenvalue weighted by atomic mass is 19.4. The highest BCUT2D eigenvalue weighted by Gasteiger charge is 2.33. The van der Waals surface area contributed by atoms with Gasteiger partial charge < -0.3 is 5.32 Å². The van der Waals surface area contributed by atoms with Crippen LogP contribution in [0.5, 0.6) is 0 Å². The van der Waals surface area contributed by atoms with E-state index in [0.29, 0.717) is 37.7 Å². The van der Waals surface area contributed by atoms with Crippen molar-refractivity contribution in [1.82, 2.24) is 0 Å². The summed E-state index contributed by atoms with van der Waals surface area (Å²) in [6.07, 6.45) is -0.984. The van der Waals surface area contributed by atoms with Crippen LogP contribution in [0.1, 0.15) is 50.2 Å². The fourth-order valence-electron chi connectivity index (χ4n) is 3.55. The lowest BCUT2D eigenvalue weighted by Crippen LogP contribution is -2.40. The molecule has 1 aliphatic rings. The maximum absolute atomic E-state index is 12.7. The minimum Gasteiger partial charge on any atom is -0.326 e. The van der Waals surface area contributed by atoms with Gasteiger partial charge in [0.25, 0.3) is 5.82 Å². The van der Waals surface area contributed by atoms with Crippen LogP contribution >= 0.6 is 0 Å². The number of anilines is 2. The summed E-state index contributed by atoms with van der Waals surface area (Å²) in [7, 11) is 0. The lowest BCUT2D eigenvalue weighted by atomic mass is 9.95. The molecule has 1 aromatic heterocycles. The molecule has 156 valence electrons. The maximum atomic E-state index is 12.7. The Balaban J connectivity index is 1.53. The van der Waals surface area contributed by atoms with Crippen molar-refractivity contribution in [1.29, 1.82) is 0 Å². The van der Waals surface area contributed by atoms with Crippen molar-refractivity contribution in [2.75, 3.05) is 23.3 Å². The van der Waals surface area contributed by atoms with Gasteiger partial charge in [0.2, 0.25) is 5.91 Å². The molecular weight excluding hydrogens is 379 g/mol. The van der Waals surface area contributed by atoms with Gasteiger partial charge in [0.05, 0.1) is 18.7 Å². The Morgan fingerprint density at radius 3 is 2.34 bits per heavy atom. The minimum atomic E-state index is -4.35. The number of halogens is 3. The summed E-state index contributed by atoms with van der Waals surface area (Å²) in [6, 6.07) is 10.5. The number of aromatic amines is 1. The van der Waals surface area contributed by atoms with Gasteiger partial charge in [0.15, 0.2) is 0 Å². The zero-order valence-electron chi connectivity index (χ0n) is 16.7. The minimum absolute atomic E-state index is 0.00246. The molecule has 4 nitrogen and oxygen atoms in total. The first-order valence-electron chi connectivity index (χ1n) is 10.0. The van der Waals surface area contributed by atoms with Gasteiger partial charge in [0, 0.05) is 17.7 Å². The second kappa shape index (κ2) is 8.84. The van der Waals surface area contributed by atoms with E-state index < -0.39 is 11.7 Å². The second-order valence-corrected chi connectivity index (χ2v) is 7.64. The van der Waals surface area contributed by atoms with Gasteiger partial charge in [-0.15, -0.1) is 0 Å². The Hall–Kier alpha value is -2.57. The van der Waals surface area contributed by atoms with Gasteiger partial charge in [-0.25, -0.2) is 4.98 Å². The molecule has 0 bridgehead atoms. The molecule has 0 spiro atoms. The average Bonchev–Trinajstić information content (AvgIpc) is 2.73. The lowest BCUT2D eigenvalue weighted by molar-refractivity contribution is -0.367. The molecule has 1 fully saturated rings. The first-order valence-corrected chi connectivity index (χ1v) is 10.0. The predicted octanol–water partition coefficient (Wildman–Crippen LogP) is 4.89. The first kappa shape index (κ1) is 21.1. The van der Waals surface area contributed by atoms with Gasteiger partial charge in [-0.1, -0.05) is 26.0 Å².